The fraction of sp³-hybridized carbons (Fsp3) is 0. The largest absolute Gasteiger partial charge is 0.390 e. The number of nitrogens with zero attached hydrogens (tertiary/aromatic N) is 3. The molecule has 5 nitrogen and oxygen atoms in total. The van der Waals surface area contributed by atoms with E-state index in [2.05, 4.69) is 26.8 Å². The standard InChI is InChI=1S/C7H5N4O/c1-2-6(11-12-3-1)7-9-4-8-5-10-7/h1-4,11H. The smallest absolute Gasteiger partial charge is 0.201 e. The highest BCUT2D eigenvalue weighted by molar-refractivity contribution is 5.58. The predicted octanol–water partition coefficient (Wildman–Crippen LogP) is 0.0612. The molecule has 0 bridgehead atoms. The molecule has 0 atom stereocenters. The van der Waals surface area contributed by atoms with Crippen LogP contribution in [0.15, 0.2) is 24.7 Å². The molecular weight excluding hydrogens is 156 g/mol. The molecule has 1 aliphatic heterocycles. The first-order valence-electron chi connectivity index (χ1n) is 3.31. The van der Waals surface area contributed by atoms with Gasteiger partial charge in [0, 0.05) is 0 Å². The molecule has 0 saturated heterocycles. The molecule has 0 aliphatic carbocycles. The molecule has 1 aromatic rings. The van der Waals surface area contributed by atoms with E-state index in [1.807, 2.05) is 0 Å². The van der Waals surface area contributed by atoms with Crippen LogP contribution in [-0.4, -0.2) is 15.0 Å². The molecule has 1 radical (unpaired) electrons. The van der Waals surface area contributed by atoms with Crippen molar-refractivity contribution in [1.29, 1.82) is 0 Å². The summed E-state index contributed by atoms with van der Waals surface area (Å²) >= 11 is 0. The third-order valence-corrected chi connectivity index (χ3v) is 1.27. The second-order valence-electron chi connectivity index (χ2n) is 2.04. The maximum atomic E-state index is 4.82. The Morgan fingerprint density at radius 2 is 2.50 bits per heavy atom. The van der Waals surface area contributed by atoms with Gasteiger partial charge in [-0.05, 0) is 12.2 Å². The van der Waals surface area contributed by atoms with Crippen LogP contribution in [0.25, 0.3) is 5.70 Å². The summed E-state index contributed by atoms with van der Waals surface area (Å²) < 4.78 is 0. The van der Waals surface area contributed by atoms with Crippen LogP contribution in [0, 0.1) is 6.33 Å². The molecule has 0 saturated carbocycles. The molecular formula is C7H5N4O. The lowest BCUT2D eigenvalue weighted by atomic mass is 10.3. The van der Waals surface area contributed by atoms with E-state index >= 15 is 0 Å². The third kappa shape index (κ3) is 1.24. The van der Waals surface area contributed by atoms with Crippen LogP contribution in [0.1, 0.15) is 5.82 Å². The van der Waals surface area contributed by atoms with Gasteiger partial charge in [-0.15, -0.1) is 0 Å². The number of aromatic nitrogens is 3. The van der Waals surface area contributed by atoms with Gasteiger partial charge in [-0.25, -0.2) is 20.4 Å². The normalized spacial score (nSPS) is 14.5. The Hall–Kier alpha value is -1.91. The molecule has 0 unspecified atom stereocenters. The van der Waals surface area contributed by atoms with Crippen molar-refractivity contribution in [1.82, 2.24) is 20.4 Å². The average Bonchev–Trinajstić information content (AvgIpc) is 2.21. The maximum absolute atomic E-state index is 4.82. The highest BCUT2D eigenvalue weighted by Gasteiger charge is 2.04. The number of allylic oxidation sites excluding steroid dienone is 2. The van der Waals surface area contributed by atoms with Crippen LogP contribution in [0.4, 0.5) is 0 Å². The van der Waals surface area contributed by atoms with Crippen molar-refractivity contribution in [2.45, 2.75) is 0 Å². The molecule has 2 heterocycles. The average molecular weight is 161 g/mol. The number of hydrogen-bond acceptors (Lipinski definition) is 5. The zero-order chi connectivity index (χ0) is 8.23. The molecule has 0 fully saturated rings. The molecule has 5 heteroatoms. The molecule has 1 N–H and O–H groups in total. The van der Waals surface area contributed by atoms with E-state index in [4.69, 9.17) is 4.84 Å². The van der Waals surface area contributed by atoms with Crippen molar-refractivity contribution in [3.63, 3.8) is 0 Å². The monoisotopic (exact) mass is 161 g/mol. The molecule has 12 heavy (non-hydrogen) atoms. The summed E-state index contributed by atoms with van der Waals surface area (Å²) in [6, 6.07) is 0. The number of nitrogens with one attached hydrogen (secondary N) is 1. The van der Waals surface area contributed by atoms with E-state index in [9.17, 15) is 0 Å². The summed E-state index contributed by atoms with van der Waals surface area (Å²) in [6.45, 7) is 0. The third-order valence-electron chi connectivity index (χ3n) is 1.27. The number of hydroxylamine groups is 1. The summed E-state index contributed by atoms with van der Waals surface area (Å²) in [4.78, 5) is 16.1. The second-order valence-corrected chi connectivity index (χ2v) is 2.04. The minimum absolute atomic E-state index is 0.509. The van der Waals surface area contributed by atoms with E-state index in [1.54, 1.807) is 12.2 Å². The molecule has 0 spiro atoms. The maximum Gasteiger partial charge on any atom is 0.201 e. The zero-order valence-corrected chi connectivity index (χ0v) is 6.06. The van der Waals surface area contributed by atoms with Crippen LogP contribution in [-0.2, 0) is 4.84 Å². The molecule has 1 aromatic heterocycles. The first-order valence-corrected chi connectivity index (χ1v) is 3.31. The van der Waals surface area contributed by atoms with Crippen molar-refractivity contribution in [2.75, 3.05) is 0 Å². The van der Waals surface area contributed by atoms with Gasteiger partial charge in [0.1, 0.15) is 18.3 Å². The Labute approximate surface area is 68.8 Å². The van der Waals surface area contributed by atoms with E-state index in [1.165, 1.54) is 12.6 Å². The Bertz CT molecular complexity index is 319. The first kappa shape index (κ1) is 6.78. The van der Waals surface area contributed by atoms with Crippen LogP contribution < -0.4 is 5.48 Å². The Morgan fingerprint density at radius 3 is 3.17 bits per heavy atom. The highest BCUT2D eigenvalue weighted by Crippen LogP contribution is 2.06. The number of rotatable bonds is 1. The van der Waals surface area contributed by atoms with Gasteiger partial charge in [0.15, 0.2) is 5.82 Å². The molecule has 0 amide bonds. The highest BCUT2D eigenvalue weighted by atomic mass is 16.6. The summed E-state index contributed by atoms with van der Waals surface area (Å²) in [5.41, 5.74) is 3.33. The van der Waals surface area contributed by atoms with Gasteiger partial charge in [0.05, 0.1) is 0 Å². The van der Waals surface area contributed by atoms with Crippen LogP contribution in [0.3, 0.4) is 0 Å². The van der Waals surface area contributed by atoms with Gasteiger partial charge >= 0.3 is 0 Å². The van der Waals surface area contributed by atoms with Gasteiger partial charge in [0.2, 0.25) is 6.33 Å². The summed E-state index contributed by atoms with van der Waals surface area (Å²) in [5.74, 6) is 0.509. The van der Waals surface area contributed by atoms with E-state index < -0.39 is 0 Å². The fourth-order valence-electron chi connectivity index (χ4n) is 0.771. The van der Waals surface area contributed by atoms with Gasteiger partial charge < -0.3 is 4.84 Å². The Balaban J connectivity index is 2.31. The van der Waals surface area contributed by atoms with Gasteiger partial charge in [-0.2, -0.15) is 0 Å². The van der Waals surface area contributed by atoms with Crippen LogP contribution in [0.5, 0.6) is 0 Å². The number of hydrogen-bond donors (Lipinski definition) is 1. The topological polar surface area (TPSA) is 59.9 Å². The quantitative estimate of drug-likeness (QED) is 0.631. The minimum Gasteiger partial charge on any atom is -0.390 e. The summed E-state index contributed by atoms with van der Waals surface area (Å²) in [5, 5.41) is 0. The lowest BCUT2D eigenvalue weighted by Crippen LogP contribution is -2.14. The first-order chi connectivity index (χ1) is 5.97. The van der Waals surface area contributed by atoms with Crippen LogP contribution >= 0.6 is 0 Å². The van der Waals surface area contributed by atoms with Crippen molar-refractivity contribution < 1.29 is 4.84 Å². The Kier molecular flexibility index (Phi) is 1.69. The lowest BCUT2D eigenvalue weighted by molar-refractivity contribution is 0.181. The minimum atomic E-state index is 0.509. The van der Waals surface area contributed by atoms with Crippen molar-refractivity contribution in [3.05, 3.63) is 36.9 Å². The second kappa shape index (κ2) is 3.00. The van der Waals surface area contributed by atoms with Crippen LogP contribution in [0.2, 0.25) is 0 Å². The lowest BCUT2D eigenvalue weighted by Gasteiger charge is -2.09. The predicted molar refractivity (Wildman–Crippen MR) is 40.0 cm³/mol. The SMILES string of the molecule is [c]1ncnc(C2=CC=CON2)n1. The van der Waals surface area contributed by atoms with Crippen molar-refractivity contribution in [2.24, 2.45) is 0 Å². The van der Waals surface area contributed by atoms with E-state index in [0.717, 1.165) is 0 Å². The summed E-state index contributed by atoms with van der Waals surface area (Å²) in [6.07, 6.45) is 8.88. The van der Waals surface area contributed by atoms with Gasteiger partial charge in [0.25, 0.3) is 0 Å². The van der Waals surface area contributed by atoms with Crippen molar-refractivity contribution in [3.8, 4) is 0 Å². The fourth-order valence-corrected chi connectivity index (χ4v) is 0.771. The Morgan fingerprint density at radius 1 is 1.50 bits per heavy atom. The van der Waals surface area contributed by atoms with E-state index in [0.29, 0.717) is 11.5 Å². The summed E-state index contributed by atoms with van der Waals surface area (Å²) in [7, 11) is 0. The zero-order valence-electron chi connectivity index (χ0n) is 6.06. The molecule has 2 rings (SSSR count). The van der Waals surface area contributed by atoms with Gasteiger partial charge in [-0.3, -0.25) is 0 Å². The van der Waals surface area contributed by atoms with Crippen molar-refractivity contribution >= 4 is 5.70 Å². The molecule has 1 aliphatic rings. The van der Waals surface area contributed by atoms with E-state index in [-0.39, 0.29) is 0 Å². The molecule has 0 aromatic carbocycles. The molecule has 59 valence electrons. The van der Waals surface area contributed by atoms with Gasteiger partial charge in [-0.1, -0.05) is 0 Å².